The van der Waals surface area contributed by atoms with Crippen LogP contribution in [0, 0.1) is 0 Å². The molecule has 0 aromatic heterocycles. The molecule has 0 spiro atoms. The molecule has 2 unspecified atom stereocenters. The lowest BCUT2D eigenvalue weighted by molar-refractivity contribution is -0.137. The molecule has 10 heteroatoms. The number of allylic oxidation sites excluding steroid dienone is 2. The van der Waals surface area contributed by atoms with E-state index in [1.807, 2.05) is 0 Å². The first kappa shape index (κ1) is 26.5. The van der Waals surface area contributed by atoms with Gasteiger partial charge in [-0.25, -0.2) is 0 Å². The van der Waals surface area contributed by atoms with Crippen LogP contribution in [0.5, 0.6) is 0 Å². The van der Waals surface area contributed by atoms with E-state index in [9.17, 15) is 35.9 Å². The van der Waals surface area contributed by atoms with Crippen molar-refractivity contribution in [3.05, 3.63) is 76.4 Å². The molecule has 4 nitrogen and oxygen atoms in total. The first-order chi connectivity index (χ1) is 16.3. The zero-order valence-electron chi connectivity index (χ0n) is 18.9. The highest BCUT2D eigenvalue weighted by Crippen LogP contribution is 2.38. The van der Waals surface area contributed by atoms with Crippen molar-refractivity contribution in [3.8, 4) is 0 Å². The van der Waals surface area contributed by atoms with Crippen LogP contribution in [0.25, 0.3) is 5.57 Å². The van der Waals surface area contributed by atoms with Crippen molar-refractivity contribution < 1.29 is 40.7 Å². The average Bonchev–Trinajstić information content (AvgIpc) is 3.17. The largest absolute Gasteiger partial charge is 0.417 e. The SMILES string of the molecule is COC(C)CC(=O)NC1CCc2cc(C(=O)C=C(c3cccc(C(F)(F)F)c3)C(F)(F)F)ccc21. The van der Waals surface area contributed by atoms with Gasteiger partial charge >= 0.3 is 12.4 Å². The molecule has 188 valence electrons. The second-order valence-corrected chi connectivity index (χ2v) is 8.32. The van der Waals surface area contributed by atoms with Crippen molar-refractivity contribution in [3.63, 3.8) is 0 Å². The van der Waals surface area contributed by atoms with Gasteiger partial charge in [-0.1, -0.05) is 24.3 Å². The van der Waals surface area contributed by atoms with E-state index in [0.29, 0.717) is 36.6 Å². The Hall–Kier alpha value is -3.14. The van der Waals surface area contributed by atoms with Gasteiger partial charge in [-0.05, 0) is 60.7 Å². The Kier molecular flexibility index (Phi) is 7.74. The molecule has 0 bridgehead atoms. The lowest BCUT2D eigenvalue weighted by Crippen LogP contribution is -2.30. The molecule has 2 aromatic carbocycles. The first-order valence-electron chi connectivity index (χ1n) is 10.8. The van der Waals surface area contributed by atoms with E-state index in [1.165, 1.54) is 19.2 Å². The molecule has 0 saturated heterocycles. The van der Waals surface area contributed by atoms with E-state index in [-0.39, 0.29) is 30.0 Å². The lowest BCUT2D eigenvalue weighted by Gasteiger charge is -2.16. The summed E-state index contributed by atoms with van der Waals surface area (Å²) in [7, 11) is 1.49. The van der Waals surface area contributed by atoms with Gasteiger partial charge in [-0.3, -0.25) is 9.59 Å². The fraction of sp³-hybridized carbons (Fsp3) is 0.360. The molecule has 35 heavy (non-hydrogen) atoms. The molecule has 0 heterocycles. The Morgan fingerprint density at radius 3 is 2.43 bits per heavy atom. The van der Waals surface area contributed by atoms with Gasteiger partial charge in [0.15, 0.2) is 5.78 Å². The minimum atomic E-state index is -5.05. The van der Waals surface area contributed by atoms with E-state index in [2.05, 4.69) is 5.32 Å². The highest BCUT2D eigenvalue weighted by molar-refractivity contribution is 6.09. The number of ketones is 1. The summed E-state index contributed by atoms with van der Waals surface area (Å²) in [5, 5.41) is 2.88. The fourth-order valence-corrected chi connectivity index (χ4v) is 3.92. The molecular weight excluding hydrogens is 476 g/mol. The summed E-state index contributed by atoms with van der Waals surface area (Å²) < 4.78 is 85.0. The van der Waals surface area contributed by atoms with Gasteiger partial charge in [-0.15, -0.1) is 0 Å². The topological polar surface area (TPSA) is 55.4 Å². The van der Waals surface area contributed by atoms with Gasteiger partial charge in [-0.2, -0.15) is 26.3 Å². The summed E-state index contributed by atoms with van der Waals surface area (Å²) in [5.41, 5.74) is -2.03. The molecule has 0 radical (unpaired) electrons. The van der Waals surface area contributed by atoms with Gasteiger partial charge in [0.05, 0.1) is 29.7 Å². The second-order valence-electron chi connectivity index (χ2n) is 8.32. The third-order valence-corrected chi connectivity index (χ3v) is 5.80. The summed E-state index contributed by atoms with van der Waals surface area (Å²) >= 11 is 0. The Balaban J connectivity index is 1.86. The second kappa shape index (κ2) is 10.2. The van der Waals surface area contributed by atoms with Crippen LogP contribution < -0.4 is 5.32 Å². The van der Waals surface area contributed by atoms with Crippen molar-refractivity contribution in [2.45, 2.75) is 50.7 Å². The Morgan fingerprint density at radius 2 is 1.80 bits per heavy atom. The number of aryl methyl sites for hydroxylation is 1. The maximum absolute atomic E-state index is 13.7. The van der Waals surface area contributed by atoms with E-state index in [0.717, 1.165) is 17.7 Å². The highest BCUT2D eigenvalue weighted by atomic mass is 19.4. The van der Waals surface area contributed by atoms with Crippen molar-refractivity contribution in [1.82, 2.24) is 5.32 Å². The van der Waals surface area contributed by atoms with E-state index < -0.39 is 34.8 Å². The summed E-state index contributed by atoms with van der Waals surface area (Å²) in [5.74, 6) is -1.20. The van der Waals surface area contributed by atoms with Crippen LogP contribution in [0.4, 0.5) is 26.3 Å². The number of ether oxygens (including phenoxy) is 1. The number of amides is 1. The number of carbonyl (C=O) groups excluding carboxylic acids is 2. The van der Waals surface area contributed by atoms with Crippen LogP contribution in [-0.2, 0) is 22.1 Å². The van der Waals surface area contributed by atoms with Crippen LogP contribution in [-0.4, -0.2) is 31.1 Å². The zero-order valence-corrected chi connectivity index (χ0v) is 18.9. The number of hydrogen-bond acceptors (Lipinski definition) is 3. The number of methoxy groups -OCH3 is 1. The van der Waals surface area contributed by atoms with Gasteiger partial charge in [0.1, 0.15) is 0 Å². The van der Waals surface area contributed by atoms with E-state index in [1.54, 1.807) is 13.0 Å². The van der Waals surface area contributed by atoms with Crippen molar-refractivity contribution >= 4 is 17.3 Å². The highest BCUT2D eigenvalue weighted by Gasteiger charge is 2.37. The summed E-state index contributed by atoms with van der Waals surface area (Å²) in [4.78, 5) is 24.8. The Labute approximate surface area is 198 Å². The molecule has 3 rings (SSSR count). The summed E-state index contributed by atoms with van der Waals surface area (Å²) in [6.07, 6.45) is -8.59. The van der Waals surface area contributed by atoms with Crippen molar-refractivity contribution in [1.29, 1.82) is 0 Å². The molecule has 2 aromatic rings. The standard InChI is InChI=1S/C25H23F6NO3/c1-14(35-2)10-23(34)32-21-9-7-15-11-17(6-8-19(15)21)22(33)13-20(25(29,30)31)16-4-3-5-18(12-16)24(26,27)28/h3-6,8,11-14,21H,7,9-10H2,1-2H3,(H,32,34). The zero-order chi connectivity index (χ0) is 26.0. The van der Waals surface area contributed by atoms with Gasteiger partial charge in [0.2, 0.25) is 5.91 Å². The molecular formula is C25H23F6NO3. The number of hydrogen-bond donors (Lipinski definition) is 1. The average molecular weight is 499 g/mol. The molecule has 1 aliphatic rings. The molecule has 0 saturated carbocycles. The van der Waals surface area contributed by atoms with E-state index in [4.69, 9.17) is 4.74 Å². The van der Waals surface area contributed by atoms with Crippen LogP contribution >= 0.6 is 0 Å². The molecule has 2 atom stereocenters. The number of carbonyl (C=O) groups is 2. The first-order valence-corrected chi connectivity index (χ1v) is 10.8. The Bertz CT molecular complexity index is 1140. The van der Waals surface area contributed by atoms with E-state index >= 15 is 0 Å². The van der Waals surface area contributed by atoms with Crippen LogP contribution in [0.3, 0.4) is 0 Å². The van der Waals surface area contributed by atoms with Gasteiger partial charge in [0.25, 0.3) is 0 Å². The van der Waals surface area contributed by atoms with Crippen molar-refractivity contribution in [2.24, 2.45) is 0 Å². The predicted molar refractivity (Wildman–Crippen MR) is 117 cm³/mol. The molecule has 0 aliphatic heterocycles. The number of alkyl halides is 6. The molecule has 0 fully saturated rings. The van der Waals surface area contributed by atoms with Crippen molar-refractivity contribution in [2.75, 3.05) is 7.11 Å². The fourth-order valence-electron chi connectivity index (χ4n) is 3.92. The van der Waals surface area contributed by atoms with Crippen LogP contribution in [0.2, 0.25) is 0 Å². The van der Waals surface area contributed by atoms with Crippen LogP contribution in [0.1, 0.15) is 58.4 Å². The molecule has 1 amide bonds. The minimum Gasteiger partial charge on any atom is -0.381 e. The smallest absolute Gasteiger partial charge is 0.381 e. The number of benzene rings is 2. The third-order valence-electron chi connectivity index (χ3n) is 5.80. The molecule has 1 aliphatic carbocycles. The monoisotopic (exact) mass is 499 g/mol. The normalized spacial score (nSPS) is 17.1. The van der Waals surface area contributed by atoms with Crippen LogP contribution in [0.15, 0.2) is 48.5 Å². The minimum absolute atomic E-state index is 0.0301. The van der Waals surface area contributed by atoms with Gasteiger partial charge < -0.3 is 10.1 Å². The maximum atomic E-state index is 13.7. The number of fused-ring (bicyclic) bond motifs is 1. The molecule has 1 N–H and O–H groups in total. The Morgan fingerprint density at radius 1 is 1.09 bits per heavy atom. The maximum Gasteiger partial charge on any atom is 0.417 e. The lowest BCUT2D eigenvalue weighted by atomic mass is 9.97. The van der Waals surface area contributed by atoms with Gasteiger partial charge in [0, 0.05) is 12.7 Å². The number of rotatable bonds is 7. The number of halogens is 6. The quantitative estimate of drug-likeness (QED) is 0.286. The summed E-state index contributed by atoms with van der Waals surface area (Å²) in [6, 6.07) is 6.85. The summed E-state index contributed by atoms with van der Waals surface area (Å²) in [6.45, 7) is 1.75. The number of nitrogens with one attached hydrogen (secondary N) is 1. The third kappa shape index (κ3) is 6.50. The predicted octanol–water partition coefficient (Wildman–Crippen LogP) is 6.06.